The smallest absolute Gasteiger partial charge is 0.303 e. The van der Waals surface area contributed by atoms with Crippen molar-refractivity contribution in [3.05, 3.63) is 47.4 Å². The van der Waals surface area contributed by atoms with Gasteiger partial charge in [0, 0.05) is 36.4 Å². The summed E-state index contributed by atoms with van der Waals surface area (Å²) in [5, 5.41) is 27.0. The van der Waals surface area contributed by atoms with Crippen molar-refractivity contribution in [2.75, 3.05) is 38.8 Å². The zero-order valence-electron chi connectivity index (χ0n) is 35.3. The van der Waals surface area contributed by atoms with Gasteiger partial charge in [0.1, 0.15) is 22.1 Å². The number of anilines is 4. The summed E-state index contributed by atoms with van der Waals surface area (Å²) in [6.45, 7) is 6.27. The van der Waals surface area contributed by atoms with Gasteiger partial charge < -0.3 is 35.0 Å². The number of thioether (sulfide) groups is 1. The van der Waals surface area contributed by atoms with Gasteiger partial charge in [0.05, 0.1) is 47.0 Å². The van der Waals surface area contributed by atoms with Crippen molar-refractivity contribution < 1.29 is 19.4 Å². The molecule has 3 aliphatic carbocycles. The molecule has 18 heteroatoms. The van der Waals surface area contributed by atoms with Crippen molar-refractivity contribution in [2.45, 2.75) is 119 Å². The minimum absolute atomic E-state index is 0.0248. The Morgan fingerprint density at radius 2 is 1.47 bits per heavy atom. The molecule has 1 atom stereocenters. The van der Waals surface area contributed by atoms with Gasteiger partial charge in [-0.1, -0.05) is 18.3 Å². The van der Waals surface area contributed by atoms with Crippen LogP contribution in [0.5, 0.6) is 11.8 Å². The number of aliphatic carboxylic acids is 1. The average Bonchev–Trinajstić information content (AvgIpc) is 4.00. The van der Waals surface area contributed by atoms with Crippen molar-refractivity contribution in [1.29, 1.82) is 0 Å². The molecule has 5 aromatic rings. The van der Waals surface area contributed by atoms with Crippen LogP contribution in [0, 0.1) is 0 Å². The van der Waals surface area contributed by atoms with Gasteiger partial charge in [-0.2, -0.15) is 20.2 Å². The quantitative estimate of drug-likeness (QED) is 0.0651. The maximum absolute atomic E-state index is 11.8. The van der Waals surface area contributed by atoms with Gasteiger partial charge in [0.25, 0.3) is 0 Å². The number of thiophene rings is 1. The van der Waals surface area contributed by atoms with Gasteiger partial charge in [-0.3, -0.25) is 14.2 Å². The number of nitrogens with one attached hydrogen (secondary N) is 2. The number of aryl methyl sites for hydroxylation is 2. The lowest BCUT2D eigenvalue weighted by Crippen LogP contribution is -2.35. The first kappa shape index (κ1) is 41.9. The van der Waals surface area contributed by atoms with Crippen molar-refractivity contribution in [3.63, 3.8) is 0 Å². The van der Waals surface area contributed by atoms with Crippen LogP contribution < -0.4 is 20.1 Å². The summed E-state index contributed by atoms with van der Waals surface area (Å²) in [4.78, 5) is 38.1. The van der Waals surface area contributed by atoms with Gasteiger partial charge in [-0.05, 0) is 116 Å². The van der Waals surface area contributed by atoms with Crippen LogP contribution in [0.3, 0.4) is 0 Å². The molecule has 0 amide bonds. The molecule has 0 bridgehead atoms. The van der Waals surface area contributed by atoms with E-state index < -0.39 is 5.97 Å². The van der Waals surface area contributed by atoms with Crippen molar-refractivity contribution >= 4 is 68.1 Å². The molecule has 60 heavy (non-hydrogen) atoms. The number of aromatic nitrogens is 8. The Bertz CT molecular complexity index is 2320. The SMILES string of the molecule is C=C(C)c1c(OC2CCC(N(C)C)CC2)nc(Nc2cnn(C)c2)nc1SCn1cc(Nc2nc(OC3CCC(N(C)C)CC3)c3c4c(sc3n2)CCC4CC(=O)O)cn1. The summed E-state index contributed by atoms with van der Waals surface area (Å²) >= 11 is 3.14. The number of hydrogen-bond acceptors (Lipinski definition) is 15. The van der Waals surface area contributed by atoms with Crippen LogP contribution in [0.4, 0.5) is 23.3 Å². The van der Waals surface area contributed by atoms with Crippen LogP contribution in [-0.2, 0) is 24.1 Å². The maximum atomic E-state index is 11.8. The molecule has 0 radical (unpaired) electrons. The van der Waals surface area contributed by atoms with E-state index in [1.807, 2.05) is 31.0 Å². The van der Waals surface area contributed by atoms with Gasteiger partial charge in [-0.15, -0.1) is 11.3 Å². The molecule has 0 aromatic carbocycles. The normalized spacial score (nSPS) is 21.7. The molecule has 1 unspecified atom stereocenters. The number of hydrogen-bond donors (Lipinski definition) is 3. The summed E-state index contributed by atoms with van der Waals surface area (Å²) in [5.41, 5.74) is 4.15. The number of carbonyl (C=O) groups is 1. The van der Waals surface area contributed by atoms with Gasteiger partial charge in [-0.25, -0.2) is 9.97 Å². The lowest BCUT2D eigenvalue weighted by Gasteiger charge is -2.33. The van der Waals surface area contributed by atoms with Crippen LogP contribution in [0.25, 0.3) is 15.8 Å². The molecule has 3 N–H and O–H groups in total. The highest BCUT2D eigenvalue weighted by Crippen LogP contribution is 2.48. The molecule has 5 aromatic heterocycles. The fraction of sp³-hybridized carbons (Fsp3) is 0.548. The largest absolute Gasteiger partial charge is 0.481 e. The van der Waals surface area contributed by atoms with Crippen LogP contribution in [0.2, 0.25) is 0 Å². The van der Waals surface area contributed by atoms with E-state index in [2.05, 4.69) is 65.4 Å². The molecule has 0 spiro atoms. The molecule has 5 heterocycles. The molecule has 0 aliphatic heterocycles. The van der Waals surface area contributed by atoms with E-state index in [4.69, 9.17) is 29.4 Å². The first-order valence-corrected chi connectivity index (χ1v) is 22.6. The molecular weight excluding hydrogens is 801 g/mol. The Hall–Kier alpha value is -4.78. The molecule has 2 saturated carbocycles. The molecule has 320 valence electrons. The number of fused-ring (bicyclic) bond motifs is 3. The summed E-state index contributed by atoms with van der Waals surface area (Å²) in [6.07, 6.45) is 17.1. The first-order valence-electron chi connectivity index (χ1n) is 20.8. The second-order valence-corrected chi connectivity index (χ2v) is 18.9. The predicted octanol–water partition coefficient (Wildman–Crippen LogP) is 7.69. The van der Waals surface area contributed by atoms with E-state index >= 15 is 0 Å². The Morgan fingerprint density at radius 1 is 0.867 bits per heavy atom. The number of allylic oxidation sites excluding steroid dienone is 1. The first-order chi connectivity index (χ1) is 28.9. The lowest BCUT2D eigenvalue weighted by atomic mass is 9.92. The van der Waals surface area contributed by atoms with Crippen LogP contribution in [0.15, 0.2) is 36.4 Å². The standard InChI is InChI=1S/C42H56N12O4S2/c1-24(2)34-37(57-30-13-9-28(10-14-30)51(3)4)47-41(45-26-19-43-53(7)21-26)49-39(34)59-23-54-22-27(20-44-54)46-42-48-38(58-31-15-11-29(12-16-31)52(5)6)36-35-25(18-33(55)56)8-17-32(35)60-40(36)50-42/h19-22,25,28-31H,1,8-18,23H2,2-7H3,(H,55,56)(H,45,47,49)(H,46,48,50). The highest BCUT2D eigenvalue weighted by molar-refractivity contribution is 7.98. The van der Waals surface area contributed by atoms with Crippen LogP contribution in [0.1, 0.15) is 93.1 Å². The molecule has 3 aliphatic rings. The van der Waals surface area contributed by atoms with E-state index in [0.717, 1.165) is 108 Å². The Kier molecular flexibility index (Phi) is 12.6. The van der Waals surface area contributed by atoms with Gasteiger partial charge >= 0.3 is 5.97 Å². The number of rotatable bonds is 16. The second kappa shape index (κ2) is 18.1. The van der Waals surface area contributed by atoms with E-state index in [9.17, 15) is 9.90 Å². The monoisotopic (exact) mass is 856 g/mol. The summed E-state index contributed by atoms with van der Waals surface area (Å²) in [7, 11) is 10.4. The third-order valence-corrected chi connectivity index (χ3v) is 14.1. The van der Waals surface area contributed by atoms with Gasteiger partial charge in [0.2, 0.25) is 23.7 Å². The number of ether oxygens (including phenoxy) is 2. The molecule has 8 rings (SSSR count). The predicted molar refractivity (Wildman–Crippen MR) is 236 cm³/mol. The van der Waals surface area contributed by atoms with E-state index in [-0.39, 0.29) is 24.5 Å². The fourth-order valence-corrected chi connectivity index (χ4v) is 11.0. The summed E-state index contributed by atoms with van der Waals surface area (Å²) in [5.74, 6) is 1.46. The Morgan fingerprint density at radius 3 is 2.07 bits per heavy atom. The zero-order valence-corrected chi connectivity index (χ0v) is 37.0. The molecule has 0 saturated heterocycles. The zero-order chi connectivity index (χ0) is 42.1. The van der Waals surface area contributed by atoms with Crippen LogP contribution in [-0.4, -0.2) is 113 Å². The van der Waals surface area contributed by atoms with Crippen LogP contribution >= 0.6 is 23.1 Å². The van der Waals surface area contributed by atoms with E-state index in [0.29, 0.717) is 41.6 Å². The third kappa shape index (κ3) is 9.56. The third-order valence-electron chi connectivity index (χ3n) is 11.9. The number of carboxylic acids is 1. The number of nitrogens with zero attached hydrogens (tertiary/aromatic N) is 10. The molecule has 16 nitrogen and oxygen atoms in total. The Labute approximate surface area is 359 Å². The van der Waals surface area contributed by atoms with Crippen molar-refractivity contribution in [2.24, 2.45) is 7.05 Å². The summed E-state index contributed by atoms with van der Waals surface area (Å²) < 4.78 is 17.0. The number of carboxylic acid groups (broad SMARTS) is 1. The highest BCUT2D eigenvalue weighted by Gasteiger charge is 2.34. The minimum atomic E-state index is -0.796. The van der Waals surface area contributed by atoms with Gasteiger partial charge in [0.15, 0.2) is 0 Å². The van der Waals surface area contributed by atoms with Crippen molar-refractivity contribution in [3.8, 4) is 11.8 Å². The maximum Gasteiger partial charge on any atom is 0.303 e. The van der Waals surface area contributed by atoms with E-state index in [1.54, 1.807) is 28.4 Å². The Balaban J connectivity index is 1.03. The minimum Gasteiger partial charge on any atom is -0.481 e. The molecule has 2 fully saturated rings. The van der Waals surface area contributed by atoms with Crippen molar-refractivity contribution in [1.82, 2.24) is 49.3 Å². The lowest BCUT2D eigenvalue weighted by molar-refractivity contribution is -0.137. The topological polar surface area (TPSA) is 174 Å². The second-order valence-electron chi connectivity index (χ2n) is 16.8. The highest BCUT2D eigenvalue weighted by atomic mass is 32.2. The average molecular weight is 857 g/mol. The van der Waals surface area contributed by atoms with E-state index in [1.165, 1.54) is 16.6 Å². The fourth-order valence-electron chi connectivity index (χ4n) is 8.74. The summed E-state index contributed by atoms with van der Waals surface area (Å²) in [6, 6.07) is 1.09. The molecular formula is C42H56N12O4S2.